The lowest BCUT2D eigenvalue weighted by atomic mass is 9.93. The SMILES string of the molecule is CCOC1CCC(Nc2c[c]ccn2)CC1. The first-order valence-electron chi connectivity index (χ1n) is 6.08. The van der Waals surface area contributed by atoms with Crippen LogP contribution < -0.4 is 5.32 Å². The number of nitrogens with zero attached hydrogens (tertiary/aromatic N) is 1. The largest absolute Gasteiger partial charge is 0.379 e. The van der Waals surface area contributed by atoms with E-state index < -0.39 is 0 Å². The normalized spacial score (nSPS) is 25.3. The van der Waals surface area contributed by atoms with Crippen LogP contribution in [0.3, 0.4) is 0 Å². The molecular weight excluding hydrogens is 200 g/mol. The van der Waals surface area contributed by atoms with E-state index in [1.54, 1.807) is 6.20 Å². The molecule has 16 heavy (non-hydrogen) atoms. The average molecular weight is 219 g/mol. The molecule has 1 fully saturated rings. The number of nitrogens with one attached hydrogen (secondary N) is 1. The highest BCUT2D eigenvalue weighted by Gasteiger charge is 2.21. The molecule has 1 N–H and O–H groups in total. The van der Waals surface area contributed by atoms with E-state index in [9.17, 15) is 0 Å². The highest BCUT2D eigenvalue weighted by Crippen LogP contribution is 2.23. The van der Waals surface area contributed by atoms with E-state index in [1.165, 1.54) is 12.8 Å². The van der Waals surface area contributed by atoms with Crippen molar-refractivity contribution in [1.29, 1.82) is 0 Å². The first-order chi connectivity index (χ1) is 7.88. The highest BCUT2D eigenvalue weighted by molar-refractivity contribution is 5.34. The van der Waals surface area contributed by atoms with Gasteiger partial charge in [0.2, 0.25) is 0 Å². The van der Waals surface area contributed by atoms with Crippen molar-refractivity contribution in [2.45, 2.75) is 44.8 Å². The molecular formula is C13H19N2O. The smallest absolute Gasteiger partial charge is 0.126 e. The predicted molar refractivity (Wildman–Crippen MR) is 64.4 cm³/mol. The fraction of sp³-hybridized carbons (Fsp3) is 0.615. The maximum atomic E-state index is 5.63. The lowest BCUT2D eigenvalue weighted by molar-refractivity contribution is 0.0346. The Kier molecular flexibility index (Phi) is 4.17. The topological polar surface area (TPSA) is 34.1 Å². The maximum Gasteiger partial charge on any atom is 0.126 e. The number of anilines is 1. The van der Waals surface area contributed by atoms with Crippen LogP contribution >= 0.6 is 0 Å². The molecule has 0 atom stereocenters. The van der Waals surface area contributed by atoms with Crippen molar-refractivity contribution in [2.75, 3.05) is 11.9 Å². The van der Waals surface area contributed by atoms with Gasteiger partial charge in [-0.1, -0.05) is 0 Å². The summed E-state index contributed by atoms with van der Waals surface area (Å²) in [4.78, 5) is 4.25. The molecule has 3 heteroatoms. The summed E-state index contributed by atoms with van der Waals surface area (Å²) >= 11 is 0. The molecule has 3 nitrogen and oxygen atoms in total. The molecule has 1 radical (unpaired) electrons. The third-order valence-electron chi connectivity index (χ3n) is 3.03. The fourth-order valence-corrected chi connectivity index (χ4v) is 2.22. The molecule has 2 rings (SSSR count). The minimum atomic E-state index is 0.471. The van der Waals surface area contributed by atoms with Gasteiger partial charge in [0.25, 0.3) is 0 Å². The Hall–Kier alpha value is -1.09. The molecule has 0 bridgehead atoms. The van der Waals surface area contributed by atoms with E-state index in [2.05, 4.69) is 23.3 Å². The maximum absolute atomic E-state index is 5.63. The van der Waals surface area contributed by atoms with E-state index in [0.29, 0.717) is 12.1 Å². The molecule has 87 valence electrons. The molecule has 0 spiro atoms. The number of hydrogen-bond donors (Lipinski definition) is 1. The third kappa shape index (κ3) is 3.20. The minimum absolute atomic E-state index is 0.471. The van der Waals surface area contributed by atoms with Crippen LogP contribution in [-0.2, 0) is 4.74 Å². The van der Waals surface area contributed by atoms with Crippen LogP contribution in [0.1, 0.15) is 32.6 Å². The van der Waals surface area contributed by atoms with Gasteiger partial charge in [-0.25, -0.2) is 4.98 Å². The van der Waals surface area contributed by atoms with Gasteiger partial charge in [0.1, 0.15) is 5.82 Å². The predicted octanol–water partition coefficient (Wildman–Crippen LogP) is 2.64. The number of aromatic nitrogens is 1. The van der Waals surface area contributed by atoms with Crippen molar-refractivity contribution in [3.05, 3.63) is 24.4 Å². The first kappa shape index (κ1) is 11.4. The number of pyridine rings is 1. The number of ether oxygens (including phenoxy) is 1. The van der Waals surface area contributed by atoms with E-state index >= 15 is 0 Å². The second-order valence-corrected chi connectivity index (χ2v) is 4.21. The molecule has 0 unspecified atom stereocenters. The second kappa shape index (κ2) is 5.85. The van der Waals surface area contributed by atoms with E-state index in [4.69, 9.17) is 4.74 Å². The quantitative estimate of drug-likeness (QED) is 0.845. The lowest BCUT2D eigenvalue weighted by Gasteiger charge is -2.29. The van der Waals surface area contributed by atoms with Crippen molar-refractivity contribution < 1.29 is 4.74 Å². The molecule has 0 aromatic carbocycles. The zero-order chi connectivity index (χ0) is 11.2. The average Bonchev–Trinajstić information content (AvgIpc) is 2.33. The van der Waals surface area contributed by atoms with Gasteiger partial charge in [-0.3, -0.25) is 0 Å². The summed E-state index contributed by atoms with van der Waals surface area (Å²) in [5, 5.41) is 3.45. The van der Waals surface area contributed by atoms with Crippen LogP contribution in [0.4, 0.5) is 5.82 Å². The van der Waals surface area contributed by atoms with Crippen molar-refractivity contribution in [2.24, 2.45) is 0 Å². The van der Waals surface area contributed by atoms with Gasteiger partial charge in [-0.05, 0) is 50.8 Å². The van der Waals surface area contributed by atoms with Crippen LogP contribution in [0.2, 0.25) is 0 Å². The van der Waals surface area contributed by atoms with E-state index in [1.807, 2.05) is 12.1 Å². The van der Waals surface area contributed by atoms with Gasteiger partial charge in [0.15, 0.2) is 0 Å². The van der Waals surface area contributed by atoms with Crippen LogP contribution in [0.25, 0.3) is 0 Å². The Morgan fingerprint density at radius 2 is 2.25 bits per heavy atom. The molecule has 1 saturated carbocycles. The highest BCUT2D eigenvalue weighted by atomic mass is 16.5. The Bertz CT molecular complexity index is 294. The molecule has 0 aliphatic heterocycles. The summed E-state index contributed by atoms with van der Waals surface area (Å²) < 4.78 is 5.63. The summed E-state index contributed by atoms with van der Waals surface area (Å²) in [5.74, 6) is 0.933. The zero-order valence-corrected chi connectivity index (χ0v) is 9.78. The Labute approximate surface area is 97.2 Å². The minimum Gasteiger partial charge on any atom is -0.379 e. The third-order valence-corrected chi connectivity index (χ3v) is 3.03. The molecule has 1 aromatic heterocycles. The monoisotopic (exact) mass is 219 g/mol. The van der Waals surface area contributed by atoms with Gasteiger partial charge in [-0.15, -0.1) is 0 Å². The zero-order valence-electron chi connectivity index (χ0n) is 9.78. The fourth-order valence-electron chi connectivity index (χ4n) is 2.22. The Balaban J connectivity index is 1.77. The van der Waals surface area contributed by atoms with Crippen LogP contribution in [-0.4, -0.2) is 23.7 Å². The summed E-state index contributed by atoms with van der Waals surface area (Å²) in [6.45, 7) is 2.89. The number of hydrogen-bond acceptors (Lipinski definition) is 3. The van der Waals surface area contributed by atoms with Gasteiger partial charge in [-0.2, -0.15) is 0 Å². The van der Waals surface area contributed by atoms with Gasteiger partial charge in [0, 0.05) is 18.8 Å². The van der Waals surface area contributed by atoms with Crippen LogP contribution in [0, 0.1) is 6.07 Å². The summed E-state index contributed by atoms with van der Waals surface area (Å²) in [5.41, 5.74) is 0. The Morgan fingerprint density at radius 3 is 2.88 bits per heavy atom. The van der Waals surface area contributed by atoms with Gasteiger partial charge < -0.3 is 10.1 Å². The first-order valence-corrected chi connectivity index (χ1v) is 6.08. The van der Waals surface area contributed by atoms with Crippen LogP contribution in [0.5, 0.6) is 0 Å². The van der Waals surface area contributed by atoms with Crippen LogP contribution in [0.15, 0.2) is 18.3 Å². The lowest BCUT2D eigenvalue weighted by Crippen LogP contribution is -2.30. The molecule has 1 aromatic rings. The molecule has 0 amide bonds. The van der Waals surface area contributed by atoms with Gasteiger partial charge in [0.05, 0.1) is 6.10 Å². The van der Waals surface area contributed by atoms with Crippen molar-refractivity contribution in [3.63, 3.8) is 0 Å². The van der Waals surface area contributed by atoms with Crippen molar-refractivity contribution >= 4 is 5.82 Å². The molecule has 1 heterocycles. The second-order valence-electron chi connectivity index (χ2n) is 4.21. The summed E-state index contributed by atoms with van der Waals surface area (Å²) in [6, 6.07) is 7.29. The standard InChI is InChI=1S/C13H19N2O/c1-2-16-12-8-6-11(7-9-12)15-13-5-3-4-10-14-13/h4-5,10-12H,2,6-9H2,1H3,(H,14,15). The van der Waals surface area contributed by atoms with E-state index in [0.717, 1.165) is 25.3 Å². The summed E-state index contributed by atoms with van der Waals surface area (Å²) in [7, 11) is 0. The molecule has 1 aliphatic rings. The molecule has 1 aliphatic carbocycles. The summed E-state index contributed by atoms with van der Waals surface area (Å²) in [6.07, 6.45) is 6.89. The van der Waals surface area contributed by atoms with E-state index in [-0.39, 0.29) is 0 Å². The molecule has 0 saturated heterocycles. The number of rotatable bonds is 4. The van der Waals surface area contributed by atoms with Gasteiger partial charge >= 0.3 is 0 Å². The van der Waals surface area contributed by atoms with Crippen molar-refractivity contribution in [1.82, 2.24) is 4.98 Å². The van der Waals surface area contributed by atoms with Crippen molar-refractivity contribution in [3.8, 4) is 0 Å². The Morgan fingerprint density at radius 1 is 1.44 bits per heavy atom.